The highest BCUT2D eigenvalue weighted by Crippen LogP contribution is 2.20. The van der Waals surface area contributed by atoms with Crippen LogP contribution in [0.15, 0.2) is 12.1 Å². The molecular formula is C12H20N4O. The number of aryl methyl sites for hydroxylation is 1. The number of nitrogens with two attached hydrogens (primary N) is 1. The fraction of sp³-hybridized carbons (Fsp3) is 0.500. The van der Waals surface area contributed by atoms with E-state index in [2.05, 4.69) is 10.3 Å². The predicted molar refractivity (Wildman–Crippen MR) is 69.9 cm³/mol. The number of hydrogen-bond acceptors (Lipinski definition) is 4. The molecule has 5 heteroatoms. The second-order valence-corrected chi connectivity index (χ2v) is 4.26. The van der Waals surface area contributed by atoms with E-state index in [0.29, 0.717) is 12.2 Å². The van der Waals surface area contributed by atoms with Gasteiger partial charge in [-0.3, -0.25) is 4.79 Å². The minimum atomic E-state index is -0.105. The van der Waals surface area contributed by atoms with E-state index in [-0.39, 0.29) is 11.8 Å². The van der Waals surface area contributed by atoms with Gasteiger partial charge in [-0.15, -0.1) is 0 Å². The van der Waals surface area contributed by atoms with E-state index in [9.17, 15) is 4.79 Å². The maximum Gasteiger partial charge on any atom is 0.224 e. The summed E-state index contributed by atoms with van der Waals surface area (Å²) in [5, 5.41) is 2.63. The zero-order valence-corrected chi connectivity index (χ0v) is 10.8. The Labute approximate surface area is 102 Å². The molecule has 0 saturated heterocycles. The van der Waals surface area contributed by atoms with Crippen LogP contribution in [-0.4, -0.2) is 31.5 Å². The highest BCUT2D eigenvalue weighted by molar-refractivity contribution is 5.78. The van der Waals surface area contributed by atoms with Crippen molar-refractivity contribution in [1.82, 2.24) is 10.3 Å². The smallest absolute Gasteiger partial charge is 0.224 e. The maximum absolute atomic E-state index is 11.4. The number of pyridine rings is 1. The standard InChI is InChI=1S/C12H20N4O/c1-8(12(17)14-3)7-16(4)11-10(13)6-5-9(2)15-11/h5-6,8H,7,13H2,1-4H3,(H,14,17). The summed E-state index contributed by atoms with van der Waals surface area (Å²) >= 11 is 0. The fourth-order valence-corrected chi connectivity index (χ4v) is 1.69. The molecular weight excluding hydrogens is 216 g/mol. The molecule has 1 unspecified atom stereocenters. The summed E-state index contributed by atoms with van der Waals surface area (Å²) in [6.45, 7) is 4.38. The third kappa shape index (κ3) is 3.34. The number of rotatable bonds is 4. The van der Waals surface area contributed by atoms with Crippen molar-refractivity contribution < 1.29 is 4.79 Å². The lowest BCUT2D eigenvalue weighted by atomic mass is 10.1. The van der Waals surface area contributed by atoms with Gasteiger partial charge in [0.2, 0.25) is 5.91 Å². The molecule has 0 aliphatic rings. The van der Waals surface area contributed by atoms with Crippen LogP contribution in [0.5, 0.6) is 0 Å². The van der Waals surface area contributed by atoms with Crippen LogP contribution >= 0.6 is 0 Å². The van der Waals surface area contributed by atoms with Crippen molar-refractivity contribution in [3.8, 4) is 0 Å². The van der Waals surface area contributed by atoms with Crippen LogP contribution in [0.1, 0.15) is 12.6 Å². The van der Waals surface area contributed by atoms with Gasteiger partial charge in [0.05, 0.1) is 11.6 Å². The normalized spacial score (nSPS) is 12.0. The van der Waals surface area contributed by atoms with E-state index >= 15 is 0 Å². The molecule has 94 valence electrons. The predicted octanol–water partition coefficient (Wildman–Crippen LogP) is 0.791. The first kappa shape index (κ1) is 13.3. The molecule has 0 spiro atoms. The summed E-state index contributed by atoms with van der Waals surface area (Å²) in [7, 11) is 3.52. The number of carbonyl (C=O) groups is 1. The summed E-state index contributed by atoms with van der Waals surface area (Å²) in [5.74, 6) is 0.635. The molecule has 1 aromatic heterocycles. The first-order valence-electron chi connectivity index (χ1n) is 5.61. The van der Waals surface area contributed by atoms with Crippen molar-refractivity contribution in [2.75, 3.05) is 31.3 Å². The highest BCUT2D eigenvalue weighted by atomic mass is 16.1. The van der Waals surface area contributed by atoms with E-state index in [1.807, 2.05) is 37.9 Å². The Balaban J connectivity index is 2.79. The minimum Gasteiger partial charge on any atom is -0.396 e. The van der Waals surface area contributed by atoms with Crippen LogP contribution in [0.25, 0.3) is 0 Å². The first-order chi connectivity index (χ1) is 7.95. The summed E-state index contributed by atoms with van der Waals surface area (Å²) in [6, 6.07) is 3.70. The van der Waals surface area contributed by atoms with Crippen molar-refractivity contribution >= 4 is 17.4 Å². The topological polar surface area (TPSA) is 71.2 Å². The number of nitrogen functional groups attached to an aromatic ring is 1. The third-order valence-corrected chi connectivity index (χ3v) is 2.65. The number of carbonyl (C=O) groups excluding carboxylic acids is 1. The van der Waals surface area contributed by atoms with Crippen molar-refractivity contribution in [2.45, 2.75) is 13.8 Å². The number of aromatic nitrogens is 1. The van der Waals surface area contributed by atoms with Gasteiger partial charge in [0.1, 0.15) is 0 Å². The van der Waals surface area contributed by atoms with Crippen LogP contribution in [0.3, 0.4) is 0 Å². The van der Waals surface area contributed by atoms with E-state index in [0.717, 1.165) is 11.5 Å². The summed E-state index contributed by atoms with van der Waals surface area (Å²) in [5.41, 5.74) is 7.41. The Morgan fingerprint density at radius 3 is 2.82 bits per heavy atom. The molecule has 3 N–H and O–H groups in total. The van der Waals surface area contributed by atoms with E-state index in [1.165, 1.54) is 0 Å². The van der Waals surface area contributed by atoms with Gasteiger partial charge in [-0.05, 0) is 19.1 Å². The third-order valence-electron chi connectivity index (χ3n) is 2.65. The molecule has 0 aromatic carbocycles. The SMILES string of the molecule is CNC(=O)C(C)CN(C)c1nc(C)ccc1N. The van der Waals surface area contributed by atoms with Gasteiger partial charge in [-0.25, -0.2) is 4.98 Å². The molecule has 1 rings (SSSR count). The molecule has 0 aliphatic carbocycles. The molecule has 5 nitrogen and oxygen atoms in total. The molecule has 1 amide bonds. The number of amides is 1. The fourth-order valence-electron chi connectivity index (χ4n) is 1.69. The van der Waals surface area contributed by atoms with E-state index in [1.54, 1.807) is 7.05 Å². The Morgan fingerprint density at radius 1 is 1.59 bits per heavy atom. The number of nitrogens with one attached hydrogen (secondary N) is 1. The van der Waals surface area contributed by atoms with Gasteiger partial charge in [0.25, 0.3) is 0 Å². The zero-order chi connectivity index (χ0) is 13.0. The van der Waals surface area contributed by atoms with Crippen LogP contribution in [0.4, 0.5) is 11.5 Å². The molecule has 0 fully saturated rings. The quantitative estimate of drug-likeness (QED) is 0.811. The lowest BCUT2D eigenvalue weighted by molar-refractivity contribution is -0.123. The molecule has 0 radical (unpaired) electrons. The molecule has 1 atom stereocenters. The minimum absolute atomic E-state index is 0.0167. The van der Waals surface area contributed by atoms with E-state index < -0.39 is 0 Å². The molecule has 0 aliphatic heterocycles. The van der Waals surface area contributed by atoms with Gasteiger partial charge in [0.15, 0.2) is 5.82 Å². The van der Waals surface area contributed by atoms with Gasteiger partial charge in [0, 0.05) is 26.3 Å². The average Bonchev–Trinajstić information content (AvgIpc) is 2.30. The number of anilines is 2. The van der Waals surface area contributed by atoms with E-state index in [4.69, 9.17) is 5.73 Å². The Bertz CT molecular complexity index is 405. The van der Waals surface area contributed by atoms with Gasteiger partial charge >= 0.3 is 0 Å². The van der Waals surface area contributed by atoms with Crippen molar-refractivity contribution in [3.63, 3.8) is 0 Å². The van der Waals surface area contributed by atoms with Gasteiger partial charge in [-0.1, -0.05) is 6.92 Å². The second kappa shape index (κ2) is 5.52. The van der Waals surface area contributed by atoms with Crippen molar-refractivity contribution in [1.29, 1.82) is 0 Å². The van der Waals surface area contributed by atoms with Crippen LogP contribution in [0, 0.1) is 12.8 Å². The Hall–Kier alpha value is -1.78. The summed E-state index contributed by atoms with van der Waals surface area (Å²) < 4.78 is 0. The molecule has 0 bridgehead atoms. The van der Waals surface area contributed by atoms with Crippen molar-refractivity contribution in [3.05, 3.63) is 17.8 Å². The van der Waals surface area contributed by atoms with Crippen LogP contribution < -0.4 is 16.0 Å². The average molecular weight is 236 g/mol. The zero-order valence-electron chi connectivity index (χ0n) is 10.8. The van der Waals surface area contributed by atoms with Crippen molar-refractivity contribution in [2.24, 2.45) is 5.92 Å². The Kier molecular flexibility index (Phi) is 4.31. The van der Waals surface area contributed by atoms with Crippen LogP contribution in [0.2, 0.25) is 0 Å². The highest BCUT2D eigenvalue weighted by Gasteiger charge is 2.16. The Morgan fingerprint density at radius 2 is 2.24 bits per heavy atom. The second-order valence-electron chi connectivity index (χ2n) is 4.26. The van der Waals surface area contributed by atoms with Gasteiger partial charge in [-0.2, -0.15) is 0 Å². The van der Waals surface area contributed by atoms with Crippen LogP contribution in [-0.2, 0) is 4.79 Å². The lowest BCUT2D eigenvalue weighted by Crippen LogP contribution is -2.35. The molecule has 0 saturated carbocycles. The molecule has 17 heavy (non-hydrogen) atoms. The molecule has 1 aromatic rings. The first-order valence-corrected chi connectivity index (χ1v) is 5.61. The summed E-state index contributed by atoms with van der Waals surface area (Å²) in [6.07, 6.45) is 0. The molecule has 1 heterocycles. The monoisotopic (exact) mass is 236 g/mol. The maximum atomic E-state index is 11.4. The number of hydrogen-bond donors (Lipinski definition) is 2. The lowest BCUT2D eigenvalue weighted by Gasteiger charge is -2.23. The number of nitrogens with zero attached hydrogens (tertiary/aromatic N) is 2. The summed E-state index contributed by atoms with van der Waals surface area (Å²) in [4.78, 5) is 17.7. The van der Waals surface area contributed by atoms with Gasteiger partial charge < -0.3 is 16.0 Å². The largest absolute Gasteiger partial charge is 0.396 e.